The number of benzene rings is 2. The number of hydrogen-bond donors (Lipinski definition) is 1. The zero-order valence-electron chi connectivity index (χ0n) is 18.8. The number of nitrogens with one attached hydrogen (secondary N) is 1. The molecule has 0 spiro atoms. The Morgan fingerprint density at radius 1 is 1.21 bits per heavy atom. The van der Waals surface area contributed by atoms with Crippen LogP contribution in [0, 0.1) is 19.7 Å². The van der Waals surface area contributed by atoms with E-state index in [9.17, 15) is 9.18 Å². The molecular weight excluding hydrogens is 503 g/mol. The molecule has 5 rings (SSSR count). The first-order chi connectivity index (χ1) is 16.4. The van der Waals surface area contributed by atoms with Crippen LogP contribution in [0.4, 0.5) is 10.1 Å². The number of methoxy groups -OCH3 is 1. The number of nitrogens with zero attached hydrogens (tertiary/aromatic N) is 5. The second kappa shape index (κ2) is 8.68. The summed E-state index contributed by atoms with van der Waals surface area (Å²) in [7, 11) is 1.61. The van der Waals surface area contributed by atoms with Gasteiger partial charge in [-0.3, -0.25) is 4.79 Å². The summed E-state index contributed by atoms with van der Waals surface area (Å²) in [6.07, 6.45) is 4.47. The molecular formula is C24H22BrFN6O2. The number of aryl methyl sites for hydroxylation is 2. The lowest BCUT2D eigenvalue weighted by Crippen LogP contribution is -2.25. The lowest BCUT2D eigenvalue weighted by Gasteiger charge is -2.13. The molecule has 1 amide bonds. The SMILES string of the molecule is COc1cc(-c2cn(C3CCc4c(ccc(Br)c4F)NC3=O)nn2)ccc1-n1cc(C)nc1C. The highest BCUT2D eigenvalue weighted by Crippen LogP contribution is 2.33. The zero-order chi connectivity index (χ0) is 24.0. The molecule has 1 aliphatic heterocycles. The van der Waals surface area contributed by atoms with E-state index >= 15 is 0 Å². The van der Waals surface area contributed by atoms with Gasteiger partial charge in [0.05, 0.1) is 29.2 Å². The molecule has 1 atom stereocenters. The number of carbonyl (C=O) groups is 1. The molecule has 34 heavy (non-hydrogen) atoms. The third-order valence-corrected chi connectivity index (χ3v) is 6.60. The van der Waals surface area contributed by atoms with Crippen molar-refractivity contribution in [2.45, 2.75) is 32.7 Å². The predicted molar refractivity (Wildman–Crippen MR) is 129 cm³/mol. The molecule has 10 heteroatoms. The highest BCUT2D eigenvalue weighted by molar-refractivity contribution is 9.10. The van der Waals surface area contributed by atoms with Gasteiger partial charge < -0.3 is 14.6 Å². The smallest absolute Gasteiger partial charge is 0.249 e. The van der Waals surface area contributed by atoms with Crippen LogP contribution in [-0.4, -0.2) is 37.6 Å². The fourth-order valence-corrected chi connectivity index (χ4v) is 4.67. The average molecular weight is 525 g/mol. The predicted octanol–water partition coefficient (Wildman–Crippen LogP) is 4.78. The van der Waals surface area contributed by atoms with Gasteiger partial charge in [0, 0.05) is 23.0 Å². The van der Waals surface area contributed by atoms with E-state index in [1.54, 1.807) is 25.4 Å². The molecule has 2 aromatic carbocycles. The van der Waals surface area contributed by atoms with Gasteiger partial charge in [0.25, 0.3) is 0 Å². The van der Waals surface area contributed by atoms with Crippen LogP contribution in [0.15, 0.2) is 47.2 Å². The van der Waals surface area contributed by atoms with E-state index in [4.69, 9.17) is 4.74 Å². The third kappa shape index (κ3) is 3.87. The Morgan fingerprint density at radius 3 is 2.76 bits per heavy atom. The van der Waals surface area contributed by atoms with Gasteiger partial charge in [0.1, 0.15) is 29.1 Å². The zero-order valence-corrected chi connectivity index (χ0v) is 20.4. The van der Waals surface area contributed by atoms with Gasteiger partial charge in [0.15, 0.2) is 0 Å². The van der Waals surface area contributed by atoms with Crippen LogP contribution in [0.1, 0.15) is 29.5 Å². The van der Waals surface area contributed by atoms with Crippen molar-refractivity contribution in [2.24, 2.45) is 0 Å². The number of anilines is 1. The van der Waals surface area contributed by atoms with Crippen LogP contribution in [0.2, 0.25) is 0 Å². The molecule has 2 aromatic heterocycles. The number of carbonyl (C=O) groups excluding carboxylic acids is 1. The molecule has 1 N–H and O–H groups in total. The fraction of sp³-hybridized carbons (Fsp3) is 0.250. The number of rotatable bonds is 4. The number of hydrogen-bond acceptors (Lipinski definition) is 5. The number of amides is 1. The van der Waals surface area contributed by atoms with Crippen molar-refractivity contribution in [1.82, 2.24) is 24.5 Å². The number of halogens is 2. The van der Waals surface area contributed by atoms with Crippen molar-refractivity contribution in [2.75, 3.05) is 12.4 Å². The quantitative estimate of drug-likeness (QED) is 0.415. The molecule has 0 saturated carbocycles. The van der Waals surface area contributed by atoms with E-state index in [0.717, 1.165) is 22.8 Å². The Morgan fingerprint density at radius 2 is 2.03 bits per heavy atom. The van der Waals surface area contributed by atoms with E-state index in [2.05, 4.69) is 36.5 Å². The first-order valence-electron chi connectivity index (χ1n) is 10.8. The summed E-state index contributed by atoms with van der Waals surface area (Å²) in [5.74, 6) is 0.915. The molecule has 0 fully saturated rings. The molecule has 0 bridgehead atoms. The van der Waals surface area contributed by atoms with E-state index in [0.29, 0.717) is 40.0 Å². The van der Waals surface area contributed by atoms with E-state index in [1.165, 1.54) is 4.68 Å². The van der Waals surface area contributed by atoms with Crippen LogP contribution >= 0.6 is 15.9 Å². The molecule has 1 unspecified atom stereocenters. The van der Waals surface area contributed by atoms with Crippen molar-refractivity contribution in [3.8, 4) is 22.7 Å². The maximum absolute atomic E-state index is 14.5. The van der Waals surface area contributed by atoms with E-state index in [1.807, 2.05) is 42.8 Å². The van der Waals surface area contributed by atoms with E-state index < -0.39 is 6.04 Å². The molecule has 174 valence electrons. The lowest BCUT2D eigenvalue weighted by atomic mass is 10.1. The molecule has 0 aliphatic carbocycles. The largest absolute Gasteiger partial charge is 0.495 e. The lowest BCUT2D eigenvalue weighted by molar-refractivity contribution is -0.119. The summed E-state index contributed by atoms with van der Waals surface area (Å²) in [5, 5.41) is 11.3. The minimum absolute atomic E-state index is 0.254. The molecule has 4 aromatic rings. The summed E-state index contributed by atoms with van der Waals surface area (Å²) in [6.45, 7) is 3.88. The Kier molecular flexibility index (Phi) is 5.68. The van der Waals surface area contributed by atoms with E-state index in [-0.39, 0.29) is 11.7 Å². The van der Waals surface area contributed by atoms with Crippen molar-refractivity contribution in [3.05, 3.63) is 70.1 Å². The minimum Gasteiger partial charge on any atom is -0.495 e. The maximum Gasteiger partial charge on any atom is 0.249 e. The Bertz CT molecular complexity index is 1410. The van der Waals surface area contributed by atoms with Gasteiger partial charge in [-0.15, -0.1) is 5.10 Å². The number of imidazole rings is 1. The van der Waals surface area contributed by atoms with Crippen LogP contribution in [0.5, 0.6) is 5.75 Å². The first-order valence-corrected chi connectivity index (χ1v) is 11.6. The Labute approximate surface area is 203 Å². The standard InChI is InChI=1S/C24H22BrFN6O2/c1-13-11-31(14(2)27-13)20-8-4-15(10-22(20)34-3)19-12-32(30-29-19)21-9-5-16-18(28-24(21)33)7-6-17(25)23(16)26/h4,6-8,10-12,21H,5,9H2,1-3H3,(H,28,33). The van der Waals surface area contributed by atoms with Crippen molar-refractivity contribution < 1.29 is 13.9 Å². The molecule has 8 nitrogen and oxygen atoms in total. The highest BCUT2D eigenvalue weighted by atomic mass is 79.9. The van der Waals surface area contributed by atoms with Crippen LogP contribution in [0.3, 0.4) is 0 Å². The summed E-state index contributed by atoms with van der Waals surface area (Å²) >= 11 is 3.21. The summed E-state index contributed by atoms with van der Waals surface area (Å²) in [4.78, 5) is 17.3. The Hall–Kier alpha value is -3.53. The number of aromatic nitrogens is 5. The van der Waals surface area contributed by atoms with Crippen molar-refractivity contribution in [3.63, 3.8) is 0 Å². The fourth-order valence-electron chi connectivity index (χ4n) is 4.29. The van der Waals surface area contributed by atoms with Gasteiger partial charge in [-0.25, -0.2) is 14.1 Å². The molecule has 3 heterocycles. The first kappa shape index (κ1) is 22.3. The van der Waals surface area contributed by atoms with Gasteiger partial charge in [-0.1, -0.05) is 11.3 Å². The number of fused-ring (bicyclic) bond motifs is 1. The molecule has 0 radical (unpaired) electrons. The van der Waals surface area contributed by atoms with Crippen LogP contribution in [-0.2, 0) is 11.2 Å². The average Bonchev–Trinajstić information content (AvgIpc) is 3.39. The van der Waals surface area contributed by atoms with Gasteiger partial charge in [-0.2, -0.15) is 0 Å². The summed E-state index contributed by atoms with van der Waals surface area (Å²) < 4.78 is 24.1. The Balaban J connectivity index is 1.43. The van der Waals surface area contributed by atoms with Gasteiger partial charge in [-0.05, 0) is 66.9 Å². The van der Waals surface area contributed by atoms with Crippen LogP contribution < -0.4 is 10.1 Å². The molecule has 1 aliphatic rings. The second-order valence-corrected chi connectivity index (χ2v) is 9.06. The topological polar surface area (TPSA) is 86.9 Å². The normalized spacial score (nSPS) is 15.6. The third-order valence-electron chi connectivity index (χ3n) is 5.99. The van der Waals surface area contributed by atoms with Gasteiger partial charge in [0.2, 0.25) is 5.91 Å². The molecule has 0 saturated heterocycles. The monoisotopic (exact) mass is 524 g/mol. The summed E-state index contributed by atoms with van der Waals surface area (Å²) in [5.41, 5.74) is 4.16. The minimum atomic E-state index is -0.607. The highest BCUT2D eigenvalue weighted by Gasteiger charge is 2.28. The maximum atomic E-state index is 14.5. The second-order valence-electron chi connectivity index (χ2n) is 8.20. The van der Waals surface area contributed by atoms with Crippen molar-refractivity contribution >= 4 is 27.5 Å². The van der Waals surface area contributed by atoms with Gasteiger partial charge >= 0.3 is 0 Å². The van der Waals surface area contributed by atoms with Crippen molar-refractivity contribution in [1.29, 1.82) is 0 Å². The number of ether oxygens (including phenoxy) is 1. The van der Waals surface area contributed by atoms with Crippen LogP contribution in [0.25, 0.3) is 16.9 Å². The summed E-state index contributed by atoms with van der Waals surface area (Å²) in [6, 6.07) is 8.44.